The predicted octanol–water partition coefficient (Wildman–Crippen LogP) is 1.71. The molecule has 1 heterocycles. The van der Waals surface area contributed by atoms with Crippen molar-refractivity contribution in [3.05, 3.63) is 12.2 Å². The van der Waals surface area contributed by atoms with Crippen molar-refractivity contribution in [3.63, 3.8) is 0 Å². The van der Waals surface area contributed by atoms with Crippen LogP contribution < -0.4 is 0 Å². The Morgan fingerprint density at radius 3 is 2.60 bits per heavy atom. The summed E-state index contributed by atoms with van der Waals surface area (Å²) in [6.07, 6.45) is 3.82. The van der Waals surface area contributed by atoms with Gasteiger partial charge in [0.25, 0.3) is 0 Å². The van der Waals surface area contributed by atoms with Crippen molar-refractivity contribution in [3.8, 4) is 0 Å². The molecule has 1 aromatic heterocycles. The molecule has 0 saturated carbocycles. The Balaban J connectivity index is 2.64. The van der Waals surface area contributed by atoms with E-state index in [0.717, 1.165) is 18.7 Å². The molecular formula is C7H13N3. The highest BCUT2D eigenvalue weighted by Crippen LogP contribution is 2.17. The molecule has 0 aliphatic heterocycles. The lowest BCUT2D eigenvalue weighted by Crippen LogP contribution is -1.97. The zero-order valence-electron chi connectivity index (χ0n) is 6.46. The standard InChI is InChI=1S/C7H13N3/c1-3-6(4-2)7-8-5-9-10-7/h5-6H,3-4H2,1-2H3,(H,8,9,10). The predicted molar refractivity (Wildman–Crippen MR) is 39.7 cm³/mol. The van der Waals surface area contributed by atoms with Gasteiger partial charge in [0.05, 0.1) is 0 Å². The first-order valence-electron chi connectivity index (χ1n) is 3.73. The highest BCUT2D eigenvalue weighted by molar-refractivity contribution is 4.90. The molecular weight excluding hydrogens is 126 g/mol. The quantitative estimate of drug-likeness (QED) is 0.692. The maximum Gasteiger partial charge on any atom is 0.137 e. The Hall–Kier alpha value is -0.860. The van der Waals surface area contributed by atoms with Crippen molar-refractivity contribution < 1.29 is 0 Å². The maximum absolute atomic E-state index is 4.09. The molecule has 0 atom stereocenters. The van der Waals surface area contributed by atoms with Crippen LogP contribution in [0.1, 0.15) is 38.4 Å². The fourth-order valence-corrected chi connectivity index (χ4v) is 1.09. The second-order valence-corrected chi connectivity index (χ2v) is 2.38. The maximum atomic E-state index is 4.09. The van der Waals surface area contributed by atoms with E-state index in [9.17, 15) is 0 Å². The van der Waals surface area contributed by atoms with Gasteiger partial charge in [0, 0.05) is 5.92 Å². The van der Waals surface area contributed by atoms with Crippen LogP contribution in [0.5, 0.6) is 0 Å². The second kappa shape index (κ2) is 3.34. The minimum Gasteiger partial charge on any atom is -0.263 e. The third kappa shape index (κ3) is 1.35. The van der Waals surface area contributed by atoms with Gasteiger partial charge < -0.3 is 0 Å². The van der Waals surface area contributed by atoms with Crippen LogP contribution in [0.4, 0.5) is 0 Å². The van der Waals surface area contributed by atoms with Gasteiger partial charge in [-0.2, -0.15) is 5.10 Å². The number of H-pyrrole nitrogens is 1. The average molecular weight is 139 g/mol. The molecule has 56 valence electrons. The number of hydrogen-bond donors (Lipinski definition) is 1. The van der Waals surface area contributed by atoms with E-state index < -0.39 is 0 Å². The van der Waals surface area contributed by atoms with Gasteiger partial charge in [0.1, 0.15) is 12.2 Å². The van der Waals surface area contributed by atoms with Crippen LogP contribution in [-0.2, 0) is 0 Å². The largest absolute Gasteiger partial charge is 0.263 e. The summed E-state index contributed by atoms with van der Waals surface area (Å²) in [7, 11) is 0. The summed E-state index contributed by atoms with van der Waals surface area (Å²) in [4.78, 5) is 4.09. The van der Waals surface area contributed by atoms with E-state index >= 15 is 0 Å². The van der Waals surface area contributed by atoms with Gasteiger partial charge in [-0.1, -0.05) is 13.8 Å². The van der Waals surface area contributed by atoms with Crippen LogP contribution >= 0.6 is 0 Å². The zero-order chi connectivity index (χ0) is 7.40. The van der Waals surface area contributed by atoms with E-state index in [1.807, 2.05) is 0 Å². The monoisotopic (exact) mass is 139 g/mol. The van der Waals surface area contributed by atoms with Gasteiger partial charge in [0.15, 0.2) is 0 Å². The first kappa shape index (κ1) is 7.25. The fraction of sp³-hybridized carbons (Fsp3) is 0.714. The molecule has 0 aromatic carbocycles. The summed E-state index contributed by atoms with van der Waals surface area (Å²) < 4.78 is 0. The lowest BCUT2D eigenvalue weighted by molar-refractivity contribution is 0.604. The normalized spacial score (nSPS) is 10.7. The molecule has 0 spiro atoms. The average Bonchev–Trinajstić information content (AvgIpc) is 2.43. The Kier molecular flexibility index (Phi) is 2.42. The molecule has 3 heteroatoms. The minimum atomic E-state index is 0.558. The molecule has 0 radical (unpaired) electrons. The number of nitrogens with zero attached hydrogens (tertiary/aromatic N) is 2. The van der Waals surface area contributed by atoms with E-state index in [0.29, 0.717) is 5.92 Å². The van der Waals surface area contributed by atoms with Gasteiger partial charge in [-0.25, -0.2) is 4.98 Å². The molecule has 0 fully saturated rings. The van der Waals surface area contributed by atoms with E-state index in [1.165, 1.54) is 0 Å². The molecule has 1 rings (SSSR count). The van der Waals surface area contributed by atoms with Gasteiger partial charge in [-0.3, -0.25) is 5.10 Å². The Morgan fingerprint density at radius 1 is 1.50 bits per heavy atom. The number of hydrogen-bond acceptors (Lipinski definition) is 2. The van der Waals surface area contributed by atoms with Crippen LogP contribution in [-0.4, -0.2) is 15.2 Å². The Morgan fingerprint density at radius 2 is 2.20 bits per heavy atom. The first-order valence-corrected chi connectivity index (χ1v) is 3.73. The number of nitrogens with one attached hydrogen (secondary N) is 1. The Bertz CT molecular complexity index is 165. The summed E-state index contributed by atoms with van der Waals surface area (Å²) in [6.45, 7) is 4.33. The molecule has 0 unspecified atom stereocenters. The molecule has 0 aliphatic carbocycles. The molecule has 10 heavy (non-hydrogen) atoms. The number of aromatic nitrogens is 3. The van der Waals surface area contributed by atoms with E-state index in [1.54, 1.807) is 6.33 Å². The van der Waals surface area contributed by atoms with Crippen molar-refractivity contribution in [1.82, 2.24) is 15.2 Å². The smallest absolute Gasteiger partial charge is 0.137 e. The second-order valence-electron chi connectivity index (χ2n) is 2.38. The molecule has 0 aliphatic rings. The molecule has 0 saturated heterocycles. The number of rotatable bonds is 3. The van der Waals surface area contributed by atoms with Gasteiger partial charge >= 0.3 is 0 Å². The molecule has 3 nitrogen and oxygen atoms in total. The number of aromatic amines is 1. The van der Waals surface area contributed by atoms with E-state index in [-0.39, 0.29) is 0 Å². The summed E-state index contributed by atoms with van der Waals surface area (Å²) in [5, 5.41) is 6.68. The summed E-state index contributed by atoms with van der Waals surface area (Å²) in [6, 6.07) is 0. The lowest BCUT2D eigenvalue weighted by Gasteiger charge is -2.05. The van der Waals surface area contributed by atoms with Gasteiger partial charge in [-0.15, -0.1) is 0 Å². The van der Waals surface area contributed by atoms with Crippen LogP contribution in [0.2, 0.25) is 0 Å². The van der Waals surface area contributed by atoms with Crippen molar-refractivity contribution in [2.24, 2.45) is 0 Å². The van der Waals surface area contributed by atoms with Crippen molar-refractivity contribution in [2.45, 2.75) is 32.6 Å². The van der Waals surface area contributed by atoms with Crippen molar-refractivity contribution in [1.29, 1.82) is 0 Å². The molecule has 1 N–H and O–H groups in total. The first-order chi connectivity index (χ1) is 4.88. The zero-order valence-corrected chi connectivity index (χ0v) is 6.46. The summed E-state index contributed by atoms with van der Waals surface area (Å²) in [5.74, 6) is 1.58. The topological polar surface area (TPSA) is 41.6 Å². The third-order valence-electron chi connectivity index (χ3n) is 1.81. The summed E-state index contributed by atoms with van der Waals surface area (Å²) in [5.41, 5.74) is 0. The minimum absolute atomic E-state index is 0.558. The van der Waals surface area contributed by atoms with E-state index in [4.69, 9.17) is 0 Å². The van der Waals surface area contributed by atoms with Crippen molar-refractivity contribution >= 4 is 0 Å². The summed E-state index contributed by atoms with van der Waals surface area (Å²) >= 11 is 0. The SMILES string of the molecule is CCC(CC)c1ncn[nH]1. The van der Waals surface area contributed by atoms with Gasteiger partial charge in [0.2, 0.25) is 0 Å². The van der Waals surface area contributed by atoms with Crippen LogP contribution in [0, 0.1) is 0 Å². The lowest BCUT2D eigenvalue weighted by atomic mass is 10.0. The Labute approximate surface area is 60.9 Å². The van der Waals surface area contributed by atoms with E-state index in [2.05, 4.69) is 29.0 Å². The molecule has 1 aromatic rings. The van der Waals surface area contributed by atoms with Gasteiger partial charge in [-0.05, 0) is 12.8 Å². The van der Waals surface area contributed by atoms with Crippen LogP contribution in [0.15, 0.2) is 6.33 Å². The van der Waals surface area contributed by atoms with Crippen LogP contribution in [0.25, 0.3) is 0 Å². The molecule has 0 amide bonds. The third-order valence-corrected chi connectivity index (χ3v) is 1.81. The van der Waals surface area contributed by atoms with Crippen molar-refractivity contribution in [2.75, 3.05) is 0 Å². The molecule has 0 bridgehead atoms. The highest BCUT2D eigenvalue weighted by atomic mass is 15.2. The fourth-order valence-electron chi connectivity index (χ4n) is 1.09. The van der Waals surface area contributed by atoms with Crippen LogP contribution in [0.3, 0.4) is 0 Å². The highest BCUT2D eigenvalue weighted by Gasteiger charge is 2.07.